The summed E-state index contributed by atoms with van der Waals surface area (Å²) in [5, 5.41) is 3.06. The fraction of sp³-hybridized carbons (Fsp3) is 0.255. The normalized spacial score (nSPS) is 11.7. The molecule has 0 aliphatic heterocycles. The van der Waals surface area contributed by atoms with E-state index in [0.29, 0.717) is 38.9 Å². The minimum Gasteiger partial charge on any atom is -0.497 e. The Morgan fingerprint density at radius 1 is 0.688 bits per heavy atom. The summed E-state index contributed by atoms with van der Waals surface area (Å²) in [6.45, 7) is 12.0. The largest absolute Gasteiger partial charge is 0.497 e. The molecule has 12 nitrogen and oxygen atoms in total. The van der Waals surface area contributed by atoms with Crippen LogP contribution in [-0.2, 0) is 43.6 Å². The molecule has 13 heteroatoms. The zero-order chi connectivity index (χ0) is 45.9. The van der Waals surface area contributed by atoms with E-state index in [1.807, 2.05) is 72.8 Å². The van der Waals surface area contributed by atoms with Gasteiger partial charge in [-0.2, -0.15) is 0 Å². The molecular formula is C51H54N2O10Si. The Kier molecular flexibility index (Phi) is 15.1. The van der Waals surface area contributed by atoms with Crippen LogP contribution in [-0.4, -0.2) is 56.1 Å². The summed E-state index contributed by atoms with van der Waals surface area (Å²) < 4.78 is 36.1. The third-order valence-corrected chi connectivity index (χ3v) is 11.5. The number of carbonyl (C=O) groups is 4. The van der Waals surface area contributed by atoms with Gasteiger partial charge in [0.1, 0.15) is 48.2 Å². The molecule has 0 aliphatic rings. The number of hydrogen-bond acceptors (Lipinski definition) is 10. The van der Waals surface area contributed by atoms with Crippen molar-refractivity contribution in [1.29, 1.82) is 0 Å². The van der Waals surface area contributed by atoms with Gasteiger partial charge in [-0.3, -0.25) is 9.88 Å². The van der Waals surface area contributed by atoms with Gasteiger partial charge < -0.3 is 28.4 Å². The second-order valence-electron chi connectivity index (χ2n) is 17.2. The van der Waals surface area contributed by atoms with Crippen LogP contribution in [0.25, 0.3) is 28.1 Å². The number of benzene rings is 5. The standard InChI is InChI=1S/C51H54N2O10Si/c1-51(2,3)63-49(56)52-43(48(55)61-33-37-24-26-39(58-4)27-25-37)30-38-31-53(50(57)62-34-36-18-12-9-13-19-36)44-23-15-20-40(45(38)44)41-21-14-22-42(47(54)59-28-29-64(5,6)7)46(41)60-32-35-16-10-8-11-17-35/h8-27,30-31H,28-29,32-34H2,1-7H3,(H,52,56)/b43-30-. The number of fused-ring (bicyclic) bond motifs is 1. The van der Waals surface area contributed by atoms with Crippen LogP contribution < -0.4 is 14.8 Å². The van der Waals surface area contributed by atoms with Gasteiger partial charge in [-0.05, 0) is 79.4 Å². The zero-order valence-electron chi connectivity index (χ0n) is 37.3. The van der Waals surface area contributed by atoms with Crippen molar-refractivity contribution in [1.82, 2.24) is 9.88 Å². The van der Waals surface area contributed by atoms with E-state index in [9.17, 15) is 19.2 Å². The summed E-state index contributed by atoms with van der Waals surface area (Å²) in [7, 11) is 0.0279. The Bertz CT molecular complexity index is 2610. The van der Waals surface area contributed by atoms with Crippen molar-refractivity contribution in [3.8, 4) is 22.6 Å². The van der Waals surface area contributed by atoms with Crippen molar-refractivity contribution >= 4 is 49.2 Å². The molecule has 0 atom stereocenters. The van der Waals surface area contributed by atoms with Gasteiger partial charge in [0.2, 0.25) is 0 Å². The predicted octanol–water partition coefficient (Wildman–Crippen LogP) is 11.2. The number of amides is 1. The average Bonchev–Trinajstić information content (AvgIpc) is 3.64. The number of esters is 2. The molecule has 0 saturated carbocycles. The lowest BCUT2D eigenvalue weighted by Crippen LogP contribution is -2.34. The third-order valence-electron chi connectivity index (χ3n) is 9.78. The first-order valence-electron chi connectivity index (χ1n) is 20.9. The van der Waals surface area contributed by atoms with Gasteiger partial charge >= 0.3 is 24.1 Å². The minimum atomic E-state index is -1.53. The molecule has 64 heavy (non-hydrogen) atoms. The molecule has 0 spiro atoms. The van der Waals surface area contributed by atoms with E-state index < -0.39 is 37.8 Å². The molecule has 0 saturated heterocycles. The van der Waals surface area contributed by atoms with E-state index in [4.69, 9.17) is 28.4 Å². The van der Waals surface area contributed by atoms with Gasteiger partial charge in [0, 0.05) is 30.8 Å². The summed E-state index contributed by atoms with van der Waals surface area (Å²) in [4.78, 5) is 55.3. The van der Waals surface area contributed by atoms with Gasteiger partial charge in [0.15, 0.2) is 0 Å². The van der Waals surface area contributed by atoms with Crippen molar-refractivity contribution < 1.29 is 47.6 Å². The number of rotatable bonds is 16. The van der Waals surface area contributed by atoms with Gasteiger partial charge in [-0.1, -0.05) is 117 Å². The first-order chi connectivity index (χ1) is 30.6. The molecule has 6 aromatic rings. The van der Waals surface area contributed by atoms with E-state index in [1.54, 1.807) is 76.4 Å². The highest BCUT2D eigenvalue weighted by Gasteiger charge is 2.26. The first kappa shape index (κ1) is 46.4. The highest BCUT2D eigenvalue weighted by atomic mass is 28.3. The SMILES string of the molecule is COc1ccc(COC(=O)/C(=C/c2cn(C(=O)OCc3ccccc3)c3cccc(-c4cccc(C(=O)OCC[Si](C)(C)C)c4OCc4ccccc4)c23)NC(=O)OC(C)(C)C)cc1. The van der Waals surface area contributed by atoms with Crippen molar-refractivity contribution in [3.05, 3.63) is 161 Å². The van der Waals surface area contributed by atoms with Crippen LogP contribution in [0.3, 0.4) is 0 Å². The summed E-state index contributed by atoms with van der Waals surface area (Å²) in [6, 6.07) is 37.2. The fourth-order valence-electron chi connectivity index (χ4n) is 6.58. The third kappa shape index (κ3) is 12.7. The number of methoxy groups -OCH3 is 1. The molecule has 332 valence electrons. The van der Waals surface area contributed by atoms with E-state index in [-0.39, 0.29) is 43.4 Å². The monoisotopic (exact) mass is 882 g/mol. The minimum absolute atomic E-state index is 0.00726. The molecule has 5 aromatic carbocycles. The lowest BCUT2D eigenvalue weighted by molar-refractivity contribution is -0.140. The number of ether oxygens (including phenoxy) is 6. The maximum atomic E-state index is 14.0. The van der Waals surface area contributed by atoms with Crippen molar-refractivity contribution in [2.24, 2.45) is 0 Å². The number of para-hydroxylation sites is 1. The lowest BCUT2D eigenvalue weighted by atomic mass is 9.96. The molecule has 1 amide bonds. The van der Waals surface area contributed by atoms with Crippen molar-refractivity contribution in [2.75, 3.05) is 13.7 Å². The van der Waals surface area contributed by atoms with E-state index in [0.717, 1.165) is 17.2 Å². The highest BCUT2D eigenvalue weighted by molar-refractivity contribution is 6.76. The topological polar surface area (TPSA) is 141 Å². The van der Waals surface area contributed by atoms with Crippen LogP contribution in [0.15, 0.2) is 133 Å². The Balaban J connectivity index is 1.51. The van der Waals surface area contributed by atoms with Crippen LogP contribution in [0.5, 0.6) is 11.5 Å². The van der Waals surface area contributed by atoms with Gasteiger partial charge in [-0.25, -0.2) is 19.2 Å². The van der Waals surface area contributed by atoms with Crippen molar-refractivity contribution in [3.63, 3.8) is 0 Å². The number of aromatic nitrogens is 1. The molecular weight excluding hydrogens is 829 g/mol. The van der Waals surface area contributed by atoms with Gasteiger partial charge in [-0.15, -0.1) is 0 Å². The Labute approximate surface area is 374 Å². The van der Waals surface area contributed by atoms with Crippen molar-refractivity contribution in [2.45, 2.75) is 71.9 Å². The summed E-state index contributed by atoms with van der Waals surface area (Å²) in [5.74, 6) is -0.519. The van der Waals surface area contributed by atoms with E-state index >= 15 is 0 Å². The number of nitrogens with one attached hydrogen (secondary N) is 1. The summed E-state index contributed by atoms with van der Waals surface area (Å²) in [6.07, 6.45) is 1.35. The highest BCUT2D eigenvalue weighted by Crippen LogP contribution is 2.41. The smallest absolute Gasteiger partial charge is 0.418 e. The maximum absolute atomic E-state index is 14.0. The number of carbonyl (C=O) groups excluding carboxylic acids is 4. The molecule has 1 aromatic heterocycles. The van der Waals surface area contributed by atoms with Crippen LogP contribution in [0.1, 0.15) is 53.4 Å². The molecule has 0 unspecified atom stereocenters. The second kappa shape index (κ2) is 20.8. The molecule has 0 radical (unpaired) electrons. The molecule has 0 aliphatic carbocycles. The second-order valence-corrected chi connectivity index (χ2v) is 22.8. The average molecular weight is 883 g/mol. The number of alkyl carbamates (subject to hydrolysis) is 1. The molecule has 0 bridgehead atoms. The van der Waals surface area contributed by atoms with Crippen LogP contribution in [0, 0.1) is 0 Å². The fourth-order valence-corrected chi connectivity index (χ4v) is 7.29. The quantitative estimate of drug-likeness (QED) is 0.0432. The molecule has 0 fully saturated rings. The summed E-state index contributed by atoms with van der Waals surface area (Å²) in [5.41, 5.74) is 3.16. The lowest BCUT2D eigenvalue weighted by Gasteiger charge is -2.20. The van der Waals surface area contributed by atoms with E-state index in [2.05, 4.69) is 25.0 Å². The molecule has 1 heterocycles. The molecule has 1 N–H and O–H groups in total. The maximum Gasteiger partial charge on any atom is 0.418 e. The number of hydrogen-bond donors (Lipinski definition) is 1. The molecule has 6 rings (SSSR count). The predicted molar refractivity (Wildman–Crippen MR) is 249 cm³/mol. The Morgan fingerprint density at radius 2 is 1.30 bits per heavy atom. The van der Waals surface area contributed by atoms with Crippen LogP contribution in [0.4, 0.5) is 9.59 Å². The van der Waals surface area contributed by atoms with Crippen LogP contribution >= 0.6 is 0 Å². The Morgan fingerprint density at radius 3 is 1.94 bits per heavy atom. The zero-order valence-corrected chi connectivity index (χ0v) is 38.3. The van der Waals surface area contributed by atoms with E-state index in [1.165, 1.54) is 16.8 Å². The van der Waals surface area contributed by atoms with Crippen LogP contribution in [0.2, 0.25) is 25.7 Å². The summed E-state index contributed by atoms with van der Waals surface area (Å²) >= 11 is 0. The first-order valence-corrected chi connectivity index (χ1v) is 24.6. The number of nitrogens with zero attached hydrogens (tertiary/aromatic N) is 1. The van der Waals surface area contributed by atoms with Gasteiger partial charge in [0.25, 0.3) is 0 Å². The Hall–Kier alpha value is -7.12. The van der Waals surface area contributed by atoms with Gasteiger partial charge in [0.05, 0.1) is 19.2 Å².